The number of ether oxygens (including phenoxy) is 2. The summed E-state index contributed by atoms with van der Waals surface area (Å²) in [7, 11) is 3.19. The van der Waals surface area contributed by atoms with Crippen molar-refractivity contribution < 1.29 is 14.3 Å². The first-order valence-corrected chi connectivity index (χ1v) is 10.2. The van der Waals surface area contributed by atoms with Crippen LogP contribution in [0.25, 0.3) is 10.1 Å². The Morgan fingerprint density at radius 1 is 1.25 bits per heavy atom. The summed E-state index contributed by atoms with van der Waals surface area (Å²) in [4.78, 5) is 19.8. The van der Waals surface area contributed by atoms with Gasteiger partial charge < -0.3 is 19.7 Å². The Bertz CT molecular complexity index is 988. The standard InChI is InChI=1S/C21H23N3O3S/c1-26-15-5-6-17(18(12-15)27-2)23-21(25)14-4-3-10-24(13-14)20-16-8-11-28-19(16)7-9-22-20/h5-9,11-12,14H,3-4,10,13H2,1-2H3,(H,23,25)/t14-/m1/s1. The van der Waals surface area contributed by atoms with Crippen LogP contribution in [0.4, 0.5) is 11.5 Å². The predicted molar refractivity (Wildman–Crippen MR) is 113 cm³/mol. The van der Waals surface area contributed by atoms with Crippen molar-refractivity contribution >= 4 is 38.8 Å². The molecule has 7 heteroatoms. The lowest BCUT2D eigenvalue weighted by molar-refractivity contribution is -0.120. The lowest BCUT2D eigenvalue weighted by Gasteiger charge is -2.33. The fourth-order valence-corrected chi connectivity index (χ4v) is 4.43. The van der Waals surface area contributed by atoms with E-state index in [1.807, 2.05) is 24.4 Å². The molecule has 0 bridgehead atoms. The molecule has 1 atom stereocenters. The molecule has 0 unspecified atom stereocenters. The maximum absolute atomic E-state index is 12.9. The summed E-state index contributed by atoms with van der Waals surface area (Å²) in [6.45, 7) is 1.57. The second-order valence-electron chi connectivity index (χ2n) is 6.81. The van der Waals surface area contributed by atoms with Crippen LogP contribution in [0.15, 0.2) is 41.9 Å². The molecule has 0 saturated carbocycles. The number of pyridine rings is 1. The van der Waals surface area contributed by atoms with Crippen molar-refractivity contribution in [1.82, 2.24) is 4.98 Å². The molecule has 0 radical (unpaired) electrons. The molecule has 1 aromatic carbocycles. The van der Waals surface area contributed by atoms with Crippen molar-refractivity contribution in [1.29, 1.82) is 0 Å². The number of nitrogens with zero attached hydrogens (tertiary/aromatic N) is 2. The zero-order chi connectivity index (χ0) is 19.5. The van der Waals surface area contributed by atoms with E-state index in [1.54, 1.807) is 31.6 Å². The van der Waals surface area contributed by atoms with Crippen molar-refractivity contribution in [2.45, 2.75) is 12.8 Å². The van der Waals surface area contributed by atoms with Crippen molar-refractivity contribution in [3.63, 3.8) is 0 Å². The first-order chi connectivity index (χ1) is 13.7. The molecule has 1 aliphatic rings. The average molecular weight is 398 g/mol. The number of rotatable bonds is 5. The highest BCUT2D eigenvalue weighted by Crippen LogP contribution is 2.33. The Labute approximate surface area is 168 Å². The van der Waals surface area contributed by atoms with Crippen molar-refractivity contribution in [2.75, 3.05) is 37.5 Å². The number of hydrogen-bond donors (Lipinski definition) is 1. The summed E-state index contributed by atoms with van der Waals surface area (Å²) in [5.41, 5.74) is 0.656. The van der Waals surface area contributed by atoms with Crippen LogP contribution in [0.2, 0.25) is 0 Å². The van der Waals surface area contributed by atoms with Gasteiger partial charge >= 0.3 is 0 Å². The Hall–Kier alpha value is -2.80. The number of anilines is 2. The number of methoxy groups -OCH3 is 2. The van der Waals surface area contributed by atoms with E-state index in [-0.39, 0.29) is 11.8 Å². The number of fused-ring (bicyclic) bond motifs is 1. The Balaban J connectivity index is 1.50. The van der Waals surface area contributed by atoms with E-state index in [0.717, 1.165) is 30.6 Å². The van der Waals surface area contributed by atoms with E-state index in [4.69, 9.17) is 9.47 Å². The maximum atomic E-state index is 12.9. The number of carbonyl (C=O) groups is 1. The van der Waals surface area contributed by atoms with Crippen molar-refractivity contribution in [3.8, 4) is 11.5 Å². The van der Waals surface area contributed by atoms with Gasteiger partial charge in [0.15, 0.2) is 0 Å². The second kappa shape index (κ2) is 8.06. The molecule has 0 aliphatic carbocycles. The van der Waals surface area contributed by atoms with Crippen LogP contribution in [0.1, 0.15) is 12.8 Å². The summed E-state index contributed by atoms with van der Waals surface area (Å²) in [6.07, 6.45) is 3.67. The van der Waals surface area contributed by atoms with Gasteiger partial charge in [0, 0.05) is 35.4 Å². The van der Waals surface area contributed by atoms with Gasteiger partial charge in [0.1, 0.15) is 17.3 Å². The number of carbonyl (C=O) groups excluding carboxylic acids is 1. The third kappa shape index (κ3) is 3.62. The van der Waals surface area contributed by atoms with Crippen LogP contribution in [0.3, 0.4) is 0 Å². The van der Waals surface area contributed by atoms with Crippen LogP contribution in [-0.4, -0.2) is 38.2 Å². The number of amides is 1. The van der Waals surface area contributed by atoms with E-state index in [0.29, 0.717) is 23.7 Å². The number of nitrogens with one attached hydrogen (secondary N) is 1. The van der Waals surface area contributed by atoms with Gasteiger partial charge in [-0.1, -0.05) is 0 Å². The SMILES string of the molecule is COc1ccc(NC(=O)[C@@H]2CCCN(c3nccc4sccc34)C2)c(OC)c1. The minimum absolute atomic E-state index is 0.00524. The molecule has 1 fully saturated rings. The largest absolute Gasteiger partial charge is 0.497 e. The normalized spacial score (nSPS) is 16.8. The molecular formula is C21H23N3O3S. The predicted octanol–water partition coefficient (Wildman–Crippen LogP) is 4.17. The molecule has 28 heavy (non-hydrogen) atoms. The van der Waals surface area contributed by atoms with Crippen LogP contribution in [-0.2, 0) is 4.79 Å². The van der Waals surface area contributed by atoms with Crippen molar-refractivity contribution in [3.05, 3.63) is 41.9 Å². The van der Waals surface area contributed by atoms with E-state index in [1.165, 1.54) is 4.70 Å². The molecule has 146 valence electrons. The second-order valence-corrected chi connectivity index (χ2v) is 7.76. The highest BCUT2D eigenvalue weighted by Gasteiger charge is 2.28. The molecule has 4 rings (SSSR count). The summed E-state index contributed by atoms with van der Waals surface area (Å²) in [5, 5.41) is 6.26. The molecule has 3 aromatic rings. The minimum Gasteiger partial charge on any atom is -0.497 e. The zero-order valence-electron chi connectivity index (χ0n) is 16.0. The molecular weight excluding hydrogens is 374 g/mol. The highest BCUT2D eigenvalue weighted by molar-refractivity contribution is 7.17. The Kier molecular flexibility index (Phi) is 5.34. The number of thiophene rings is 1. The van der Waals surface area contributed by atoms with Gasteiger partial charge in [-0.2, -0.15) is 0 Å². The molecule has 2 aromatic heterocycles. The lowest BCUT2D eigenvalue weighted by Crippen LogP contribution is -2.41. The summed E-state index contributed by atoms with van der Waals surface area (Å²) >= 11 is 1.71. The van der Waals surface area contributed by atoms with Crippen LogP contribution in [0.5, 0.6) is 11.5 Å². The Morgan fingerprint density at radius 3 is 2.96 bits per heavy atom. The number of benzene rings is 1. The van der Waals surface area contributed by atoms with E-state index in [2.05, 4.69) is 26.6 Å². The van der Waals surface area contributed by atoms with Gasteiger partial charge in [-0.15, -0.1) is 11.3 Å². The quantitative estimate of drug-likeness (QED) is 0.700. The van der Waals surface area contributed by atoms with Gasteiger partial charge in [0.2, 0.25) is 5.91 Å². The summed E-state index contributed by atoms with van der Waals surface area (Å²) < 4.78 is 11.8. The van der Waals surface area contributed by atoms with Crippen LogP contribution < -0.4 is 19.7 Å². The molecule has 1 saturated heterocycles. The number of hydrogen-bond acceptors (Lipinski definition) is 6. The van der Waals surface area contributed by atoms with Crippen molar-refractivity contribution in [2.24, 2.45) is 5.92 Å². The maximum Gasteiger partial charge on any atom is 0.229 e. The minimum atomic E-state index is -0.101. The van der Waals surface area contributed by atoms with Crippen LogP contribution >= 0.6 is 11.3 Å². The molecule has 6 nitrogen and oxygen atoms in total. The monoisotopic (exact) mass is 397 g/mol. The van der Waals surface area contributed by atoms with E-state index < -0.39 is 0 Å². The third-order valence-electron chi connectivity index (χ3n) is 5.12. The van der Waals surface area contributed by atoms with Gasteiger partial charge in [-0.05, 0) is 42.5 Å². The summed E-state index contributed by atoms with van der Waals surface area (Å²) in [5.74, 6) is 2.15. The average Bonchev–Trinajstić information content (AvgIpc) is 3.23. The van der Waals surface area contributed by atoms with Gasteiger partial charge in [0.05, 0.1) is 25.8 Å². The van der Waals surface area contributed by atoms with Gasteiger partial charge in [-0.3, -0.25) is 4.79 Å². The number of aromatic nitrogens is 1. The summed E-state index contributed by atoms with van der Waals surface area (Å²) in [6, 6.07) is 9.53. The first-order valence-electron chi connectivity index (χ1n) is 9.29. The molecule has 0 spiro atoms. The fraction of sp³-hybridized carbons (Fsp3) is 0.333. The molecule has 1 amide bonds. The number of piperidine rings is 1. The third-order valence-corrected chi connectivity index (χ3v) is 6.00. The Morgan fingerprint density at radius 2 is 2.14 bits per heavy atom. The molecule has 1 N–H and O–H groups in total. The van der Waals surface area contributed by atoms with E-state index >= 15 is 0 Å². The first kappa shape index (κ1) is 18.6. The smallest absolute Gasteiger partial charge is 0.229 e. The van der Waals surface area contributed by atoms with Crippen LogP contribution in [0, 0.1) is 5.92 Å². The fourth-order valence-electron chi connectivity index (χ4n) is 3.65. The van der Waals surface area contributed by atoms with Gasteiger partial charge in [-0.25, -0.2) is 4.98 Å². The molecule has 1 aliphatic heterocycles. The highest BCUT2D eigenvalue weighted by atomic mass is 32.1. The lowest BCUT2D eigenvalue weighted by atomic mass is 9.96. The molecule has 3 heterocycles. The van der Waals surface area contributed by atoms with Gasteiger partial charge in [0.25, 0.3) is 0 Å². The van der Waals surface area contributed by atoms with E-state index in [9.17, 15) is 4.79 Å². The topological polar surface area (TPSA) is 63.7 Å². The zero-order valence-corrected chi connectivity index (χ0v) is 16.8.